The van der Waals surface area contributed by atoms with E-state index in [1.807, 2.05) is 22.8 Å². The third kappa shape index (κ3) is 4.34. The van der Waals surface area contributed by atoms with Crippen LogP contribution in [0, 0.1) is 11.3 Å². The number of hydrogen-bond acceptors (Lipinski definition) is 6. The van der Waals surface area contributed by atoms with Crippen molar-refractivity contribution in [2.45, 2.75) is 25.3 Å². The number of aromatic nitrogens is 1. The molecule has 2 atom stereocenters. The fourth-order valence-corrected chi connectivity index (χ4v) is 7.76. The molecule has 1 aromatic carbocycles. The van der Waals surface area contributed by atoms with Gasteiger partial charge in [-0.2, -0.15) is 0 Å². The van der Waals surface area contributed by atoms with Crippen LogP contribution >= 0.6 is 31.9 Å². The van der Waals surface area contributed by atoms with Crippen LogP contribution < -0.4 is 10.3 Å². The number of nitrogens with zero attached hydrogens (tertiary/aromatic N) is 4. The van der Waals surface area contributed by atoms with Crippen LogP contribution in [0.3, 0.4) is 0 Å². The molecule has 11 heteroatoms. The fourth-order valence-electron chi connectivity index (χ4n) is 6.28. The number of likely N-dealkylation sites (tertiary alicyclic amines) is 1. The first-order valence-corrected chi connectivity index (χ1v) is 13.7. The number of rotatable bonds is 5. The van der Waals surface area contributed by atoms with Gasteiger partial charge in [0.25, 0.3) is 5.56 Å². The molecule has 196 valence electrons. The van der Waals surface area contributed by atoms with Crippen molar-refractivity contribution in [3.05, 3.63) is 60.9 Å². The lowest BCUT2D eigenvalue weighted by Gasteiger charge is -2.48. The number of halogens is 2. The molecule has 3 aliphatic heterocycles. The molecular weight excluding hydrogens is 608 g/mol. The Balaban J connectivity index is 1.55. The second-order valence-electron chi connectivity index (χ2n) is 10.2. The highest BCUT2D eigenvalue weighted by Crippen LogP contribution is 2.42. The Labute approximate surface area is 231 Å². The third-order valence-corrected chi connectivity index (χ3v) is 8.88. The summed E-state index contributed by atoms with van der Waals surface area (Å²) >= 11 is 7.02. The maximum Gasteiger partial charge on any atom is 0.332 e. The summed E-state index contributed by atoms with van der Waals surface area (Å²) in [4.78, 5) is 57.1. The first kappa shape index (κ1) is 26.1. The molecule has 0 saturated carbocycles. The highest BCUT2D eigenvalue weighted by atomic mass is 79.9. The molecule has 4 amide bonds. The summed E-state index contributed by atoms with van der Waals surface area (Å²) in [7, 11) is 4.38. The van der Waals surface area contributed by atoms with Gasteiger partial charge in [-0.15, -0.1) is 0 Å². The summed E-state index contributed by atoms with van der Waals surface area (Å²) in [5, 5.41) is 0. The monoisotopic (exact) mass is 634 g/mol. The third-order valence-electron chi connectivity index (χ3n) is 7.83. The van der Waals surface area contributed by atoms with E-state index in [2.05, 4.69) is 36.8 Å². The minimum atomic E-state index is -1.52. The molecule has 2 saturated heterocycles. The minimum Gasteiger partial charge on any atom is -0.495 e. The topological polar surface area (TPSA) is 92.2 Å². The Morgan fingerprint density at radius 3 is 2.38 bits per heavy atom. The molecule has 0 radical (unpaired) electrons. The summed E-state index contributed by atoms with van der Waals surface area (Å²) in [6.07, 6.45) is 1.02. The number of hydrogen-bond donors (Lipinski definition) is 0. The lowest BCUT2D eigenvalue weighted by molar-refractivity contribution is -0.159. The Kier molecular flexibility index (Phi) is 6.82. The van der Waals surface area contributed by atoms with Gasteiger partial charge in [0.05, 0.1) is 11.6 Å². The number of piperidine rings is 1. The largest absolute Gasteiger partial charge is 0.495 e. The van der Waals surface area contributed by atoms with Gasteiger partial charge in [0.2, 0.25) is 11.8 Å². The molecule has 2 unspecified atom stereocenters. The molecule has 3 aliphatic rings. The van der Waals surface area contributed by atoms with Crippen LogP contribution in [0.2, 0.25) is 0 Å². The second-order valence-corrected chi connectivity index (χ2v) is 12.0. The van der Waals surface area contributed by atoms with E-state index in [0.717, 1.165) is 26.4 Å². The van der Waals surface area contributed by atoms with E-state index in [1.165, 1.54) is 14.1 Å². The number of pyridine rings is 1. The summed E-state index contributed by atoms with van der Waals surface area (Å²) < 4.78 is 8.95. The number of methoxy groups -OCH3 is 1. The van der Waals surface area contributed by atoms with Gasteiger partial charge in [-0.1, -0.05) is 22.0 Å². The van der Waals surface area contributed by atoms with Gasteiger partial charge in [-0.25, -0.2) is 4.79 Å². The molecule has 2 bridgehead atoms. The molecule has 1 aromatic heterocycles. The molecule has 2 aromatic rings. The highest BCUT2D eigenvalue weighted by molar-refractivity contribution is 9.11. The van der Waals surface area contributed by atoms with Gasteiger partial charge in [-0.3, -0.25) is 24.2 Å². The molecule has 0 aliphatic carbocycles. The van der Waals surface area contributed by atoms with E-state index in [0.29, 0.717) is 35.4 Å². The van der Waals surface area contributed by atoms with Crippen LogP contribution in [0.1, 0.15) is 23.6 Å². The molecule has 4 heterocycles. The van der Waals surface area contributed by atoms with Crippen LogP contribution in [-0.2, 0) is 22.6 Å². The summed E-state index contributed by atoms with van der Waals surface area (Å²) in [6, 6.07) is 8.40. The van der Waals surface area contributed by atoms with Gasteiger partial charge >= 0.3 is 6.03 Å². The quantitative estimate of drug-likeness (QED) is 0.469. The fraction of sp³-hybridized carbons (Fsp3) is 0.462. The molecule has 9 nitrogen and oxygen atoms in total. The number of benzene rings is 1. The standard InChI is InChI=1S/C26H28Br2N4O5/c1-29-23(34)26(24(35)30(2)25(29)36,10-16-8-18(27)9-19(28)22(16)37-3)14-31-11-15-7-17(13-31)20-5-4-6-21(33)32(20)12-15/h4-6,8-9,15,17H,7,10-14H2,1-3H3. The van der Waals surface area contributed by atoms with Crippen LogP contribution in [0.15, 0.2) is 44.1 Å². The number of urea groups is 1. The van der Waals surface area contributed by atoms with Gasteiger partial charge in [0.15, 0.2) is 0 Å². The second kappa shape index (κ2) is 9.67. The van der Waals surface area contributed by atoms with Crippen molar-refractivity contribution in [1.82, 2.24) is 19.3 Å². The molecule has 2 fully saturated rings. The summed E-state index contributed by atoms with van der Waals surface area (Å²) in [5.41, 5.74) is 0.151. The Bertz CT molecular complexity index is 1330. The minimum absolute atomic E-state index is 0.00356. The van der Waals surface area contributed by atoms with Crippen LogP contribution in [0.25, 0.3) is 0 Å². The molecule has 37 heavy (non-hydrogen) atoms. The number of carbonyl (C=O) groups excluding carboxylic acids is 3. The van der Waals surface area contributed by atoms with Gasteiger partial charge < -0.3 is 14.2 Å². The van der Waals surface area contributed by atoms with Crippen LogP contribution in [0.4, 0.5) is 4.79 Å². The zero-order valence-electron chi connectivity index (χ0n) is 20.9. The van der Waals surface area contributed by atoms with Crippen molar-refractivity contribution in [1.29, 1.82) is 0 Å². The van der Waals surface area contributed by atoms with Gasteiger partial charge in [-0.05, 0) is 52.0 Å². The first-order chi connectivity index (χ1) is 17.6. The number of imide groups is 2. The van der Waals surface area contributed by atoms with E-state index >= 15 is 0 Å². The lowest BCUT2D eigenvalue weighted by atomic mass is 9.75. The maximum atomic E-state index is 13.9. The molecule has 0 spiro atoms. The van der Waals surface area contributed by atoms with Crippen molar-refractivity contribution in [3.8, 4) is 5.75 Å². The Morgan fingerprint density at radius 1 is 1.00 bits per heavy atom. The number of ether oxygens (including phenoxy) is 1. The predicted molar refractivity (Wildman–Crippen MR) is 143 cm³/mol. The van der Waals surface area contributed by atoms with Crippen molar-refractivity contribution in [2.75, 3.05) is 40.8 Å². The van der Waals surface area contributed by atoms with Gasteiger partial charge in [0.1, 0.15) is 11.2 Å². The average molecular weight is 636 g/mol. The number of barbiturate groups is 1. The summed E-state index contributed by atoms with van der Waals surface area (Å²) in [6.45, 7) is 2.04. The Morgan fingerprint density at radius 2 is 1.70 bits per heavy atom. The number of carbonyl (C=O) groups is 3. The molecule has 0 N–H and O–H groups in total. The zero-order chi connectivity index (χ0) is 26.6. The van der Waals surface area contributed by atoms with E-state index in [4.69, 9.17) is 4.74 Å². The van der Waals surface area contributed by atoms with E-state index in [-0.39, 0.29) is 30.4 Å². The average Bonchev–Trinajstić information content (AvgIpc) is 2.85. The zero-order valence-corrected chi connectivity index (χ0v) is 24.0. The maximum absolute atomic E-state index is 13.9. The number of amides is 4. The van der Waals surface area contributed by atoms with Crippen LogP contribution in [-0.4, -0.2) is 78.0 Å². The van der Waals surface area contributed by atoms with Crippen molar-refractivity contribution in [2.24, 2.45) is 11.3 Å². The smallest absolute Gasteiger partial charge is 0.332 e. The highest BCUT2D eigenvalue weighted by Gasteiger charge is 2.57. The Hall–Kier alpha value is -2.50. The SMILES string of the molecule is COc1c(Br)cc(Br)cc1CC1(CN2CC3CC(C2)c2cccc(=O)n2C3)C(=O)N(C)C(=O)N(C)C1=O. The normalized spacial score (nSPS) is 23.3. The van der Waals surface area contributed by atoms with E-state index in [1.54, 1.807) is 19.2 Å². The van der Waals surface area contributed by atoms with Gasteiger partial charge in [0, 0.05) is 68.8 Å². The lowest BCUT2D eigenvalue weighted by Crippen LogP contribution is -2.67. The first-order valence-electron chi connectivity index (χ1n) is 12.1. The van der Waals surface area contributed by atoms with Crippen LogP contribution in [0.5, 0.6) is 5.75 Å². The summed E-state index contributed by atoms with van der Waals surface area (Å²) in [5.74, 6) is -0.158. The van der Waals surface area contributed by atoms with Crippen molar-refractivity contribution < 1.29 is 19.1 Å². The molecule has 5 rings (SSSR count). The van der Waals surface area contributed by atoms with Crippen molar-refractivity contribution in [3.63, 3.8) is 0 Å². The van der Waals surface area contributed by atoms with Crippen molar-refractivity contribution >= 4 is 49.7 Å². The van der Waals surface area contributed by atoms with E-state index in [9.17, 15) is 19.2 Å². The van der Waals surface area contributed by atoms with E-state index < -0.39 is 23.3 Å². The predicted octanol–water partition coefficient (Wildman–Crippen LogP) is 3.08. The number of fused-ring (bicyclic) bond motifs is 4. The molecular formula is C26H28Br2N4O5.